The first-order valence-electron chi connectivity index (χ1n) is 5.87. The molecule has 2 aromatic rings. The van der Waals surface area contributed by atoms with E-state index in [1.54, 1.807) is 23.5 Å². The standard InChI is InChI=1S/C13H16FN3S/c1-2-17(12-6-4-3-5-11(12)14)8-10-9-18-13(7-15)16-10/h3-6,9H,2,7-8,15H2,1H3. The van der Waals surface area contributed by atoms with Gasteiger partial charge in [-0.3, -0.25) is 0 Å². The normalized spacial score (nSPS) is 10.6. The SMILES string of the molecule is CCN(Cc1csc(CN)n1)c1ccccc1F. The summed E-state index contributed by atoms with van der Waals surface area (Å²) in [7, 11) is 0. The molecule has 0 amide bonds. The van der Waals surface area contributed by atoms with E-state index < -0.39 is 0 Å². The lowest BCUT2D eigenvalue weighted by Crippen LogP contribution is -2.23. The van der Waals surface area contributed by atoms with Crippen LogP contribution in [0, 0.1) is 5.82 Å². The summed E-state index contributed by atoms with van der Waals surface area (Å²) < 4.78 is 13.7. The van der Waals surface area contributed by atoms with Gasteiger partial charge in [0.15, 0.2) is 0 Å². The summed E-state index contributed by atoms with van der Waals surface area (Å²) in [6, 6.07) is 6.80. The summed E-state index contributed by atoms with van der Waals surface area (Å²) in [5.41, 5.74) is 7.08. The van der Waals surface area contributed by atoms with Gasteiger partial charge in [0.05, 0.1) is 17.9 Å². The van der Waals surface area contributed by atoms with E-state index in [-0.39, 0.29) is 5.82 Å². The second kappa shape index (κ2) is 5.93. The van der Waals surface area contributed by atoms with Gasteiger partial charge in [-0.1, -0.05) is 12.1 Å². The molecule has 0 aliphatic heterocycles. The van der Waals surface area contributed by atoms with Crippen LogP contribution >= 0.6 is 11.3 Å². The molecule has 0 saturated heterocycles. The zero-order chi connectivity index (χ0) is 13.0. The first-order valence-corrected chi connectivity index (χ1v) is 6.75. The highest BCUT2D eigenvalue weighted by Gasteiger charge is 2.11. The smallest absolute Gasteiger partial charge is 0.146 e. The molecule has 0 spiro atoms. The number of halogens is 1. The number of benzene rings is 1. The third-order valence-electron chi connectivity index (χ3n) is 2.70. The van der Waals surface area contributed by atoms with E-state index in [4.69, 9.17) is 5.73 Å². The number of rotatable bonds is 5. The Labute approximate surface area is 110 Å². The molecule has 3 nitrogen and oxygen atoms in total. The van der Waals surface area contributed by atoms with E-state index in [9.17, 15) is 4.39 Å². The minimum absolute atomic E-state index is 0.200. The molecule has 96 valence electrons. The van der Waals surface area contributed by atoms with Gasteiger partial charge in [-0.15, -0.1) is 11.3 Å². The lowest BCUT2D eigenvalue weighted by atomic mass is 10.2. The summed E-state index contributed by atoms with van der Waals surface area (Å²) in [6.07, 6.45) is 0. The van der Waals surface area contributed by atoms with Gasteiger partial charge in [-0.2, -0.15) is 0 Å². The van der Waals surface area contributed by atoms with Crippen LogP contribution in [0.5, 0.6) is 0 Å². The van der Waals surface area contributed by atoms with Crippen molar-refractivity contribution in [1.29, 1.82) is 0 Å². The van der Waals surface area contributed by atoms with Gasteiger partial charge in [-0.25, -0.2) is 9.37 Å². The fourth-order valence-electron chi connectivity index (χ4n) is 1.79. The number of hydrogen-bond acceptors (Lipinski definition) is 4. The Hall–Kier alpha value is -1.46. The third kappa shape index (κ3) is 2.86. The fraction of sp³-hybridized carbons (Fsp3) is 0.308. The van der Waals surface area contributed by atoms with E-state index in [2.05, 4.69) is 4.98 Å². The number of para-hydroxylation sites is 1. The average molecular weight is 265 g/mol. The van der Waals surface area contributed by atoms with Crippen molar-refractivity contribution in [3.8, 4) is 0 Å². The van der Waals surface area contributed by atoms with Crippen LogP contribution in [0.3, 0.4) is 0 Å². The van der Waals surface area contributed by atoms with E-state index >= 15 is 0 Å². The second-order valence-corrected chi connectivity index (χ2v) is 4.84. The molecule has 0 aliphatic rings. The highest BCUT2D eigenvalue weighted by molar-refractivity contribution is 7.09. The first kappa shape index (κ1) is 13.0. The predicted molar refractivity (Wildman–Crippen MR) is 73.1 cm³/mol. The zero-order valence-electron chi connectivity index (χ0n) is 10.3. The second-order valence-electron chi connectivity index (χ2n) is 3.90. The maximum absolute atomic E-state index is 13.7. The third-order valence-corrected chi connectivity index (χ3v) is 3.62. The van der Waals surface area contributed by atoms with Gasteiger partial charge in [0.25, 0.3) is 0 Å². The summed E-state index contributed by atoms with van der Waals surface area (Å²) >= 11 is 1.54. The van der Waals surface area contributed by atoms with E-state index in [1.165, 1.54) is 6.07 Å². The Bertz CT molecular complexity index is 512. The first-order chi connectivity index (χ1) is 8.74. The van der Waals surface area contributed by atoms with Crippen molar-refractivity contribution in [2.45, 2.75) is 20.0 Å². The van der Waals surface area contributed by atoms with Crippen molar-refractivity contribution in [2.75, 3.05) is 11.4 Å². The van der Waals surface area contributed by atoms with Crippen LogP contribution in [-0.2, 0) is 13.1 Å². The molecule has 0 atom stereocenters. The van der Waals surface area contributed by atoms with Crippen LogP contribution in [0.25, 0.3) is 0 Å². The summed E-state index contributed by atoms with van der Waals surface area (Å²) in [5.74, 6) is -0.200. The molecule has 0 unspecified atom stereocenters. The van der Waals surface area contributed by atoms with Crippen LogP contribution < -0.4 is 10.6 Å². The molecule has 1 aromatic carbocycles. The minimum Gasteiger partial charge on any atom is -0.364 e. The number of nitrogens with two attached hydrogens (primary N) is 1. The molecule has 5 heteroatoms. The van der Waals surface area contributed by atoms with Gasteiger partial charge in [-0.05, 0) is 19.1 Å². The van der Waals surface area contributed by atoms with Crippen LogP contribution in [0.15, 0.2) is 29.6 Å². The van der Waals surface area contributed by atoms with Gasteiger partial charge in [0.1, 0.15) is 10.8 Å². The molecular weight excluding hydrogens is 249 g/mol. The highest BCUT2D eigenvalue weighted by atomic mass is 32.1. The lowest BCUT2D eigenvalue weighted by molar-refractivity contribution is 0.617. The Morgan fingerprint density at radius 3 is 2.78 bits per heavy atom. The van der Waals surface area contributed by atoms with Gasteiger partial charge in [0.2, 0.25) is 0 Å². The van der Waals surface area contributed by atoms with E-state index in [0.29, 0.717) is 18.8 Å². The Morgan fingerprint density at radius 2 is 2.17 bits per heavy atom. The number of thiazole rings is 1. The van der Waals surface area contributed by atoms with Crippen molar-refractivity contribution in [3.63, 3.8) is 0 Å². The van der Waals surface area contributed by atoms with Crippen molar-refractivity contribution in [3.05, 3.63) is 46.2 Å². The fourth-order valence-corrected chi connectivity index (χ4v) is 2.45. The molecule has 1 aromatic heterocycles. The van der Waals surface area contributed by atoms with Crippen LogP contribution in [-0.4, -0.2) is 11.5 Å². The highest BCUT2D eigenvalue weighted by Crippen LogP contribution is 2.21. The summed E-state index contributed by atoms with van der Waals surface area (Å²) in [4.78, 5) is 6.36. The summed E-state index contributed by atoms with van der Waals surface area (Å²) in [5, 5.41) is 2.89. The molecule has 0 aliphatic carbocycles. The Morgan fingerprint density at radius 1 is 1.39 bits per heavy atom. The van der Waals surface area contributed by atoms with E-state index in [1.807, 2.05) is 23.3 Å². The number of aromatic nitrogens is 1. The molecular formula is C13H16FN3S. The van der Waals surface area contributed by atoms with Crippen molar-refractivity contribution < 1.29 is 4.39 Å². The van der Waals surface area contributed by atoms with Crippen molar-refractivity contribution in [1.82, 2.24) is 4.98 Å². The Kier molecular flexibility index (Phi) is 4.28. The van der Waals surface area contributed by atoms with Crippen LogP contribution in [0.4, 0.5) is 10.1 Å². The summed E-state index contributed by atoms with van der Waals surface area (Å²) in [6.45, 7) is 3.80. The minimum atomic E-state index is -0.200. The number of nitrogens with zero attached hydrogens (tertiary/aromatic N) is 2. The average Bonchev–Trinajstić information content (AvgIpc) is 2.85. The molecule has 0 radical (unpaired) electrons. The van der Waals surface area contributed by atoms with E-state index in [0.717, 1.165) is 17.2 Å². The van der Waals surface area contributed by atoms with Gasteiger partial charge in [0, 0.05) is 18.5 Å². The molecule has 18 heavy (non-hydrogen) atoms. The molecule has 1 heterocycles. The van der Waals surface area contributed by atoms with Crippen molar-refractivity contribution in [2.24, 2.45) is 5.73 Å². The topological polar surface area (TPSA) is 42.1 Å². The molecule has 0 saturated carbocycles. The van der Waals surface area contributed by atoms with Gasteiger partial charge >= 0.3 is 0 Å². The largest absolute Gasteiger partial charge is 0.364 e. The maximum atomic E-state index is 13.7. The van der Waals surface area contributed by atoms with Gasteiger partial charge < -0.3 is 10.6 Å². The predicted octanol–water partition coefficient (Wildman–Crippen LogP) is 2.77. The van der Waals surface area contributed by atoms with Crippen LogP contribution in [0.2, 0.25) is 0 Å². The molecule has 2 rings (SSSR count). The van der Waals surface area contributed by atoms with Crippen molar-refractivity contribution >= 4 is 17.0 Å². The number of hydrogen-bond donors (Lipinski definition) is 1. The molecule has 0 bridgehead atoms. The zero-order valence-corrected chi connectivity index (χ0v) is 11.1. The number of anilines is 1. The monoisotopic (exact) mass is 265 g/mol. The molecule has 2 N–H and O–H groups in total. The Balaban J connectivity index is 2.17. The quantitative estimate of drug-likeness (QED) is 0.904. The molecule has 0 fully saturated rings. The lowest BCUT2D eigenvalue weighted by Gasteiger charge is -2.22. The van der Waals surface area contributed by atoms with Crippen LogP contribution in [0.1, 0.15) is 17.6 Å². The maximum Gasteiger partial charge on any atom is 0.146 e.